The molecule has 1 saturated heterocycles. The Bertz CT molecular complexity index is 366. The molecule has 1 aromatic rings. The van der Waals surface area contributed by atoms with Crippen LogP contribution in [0.1, 0.15) is 31.9 Å². The van der Waals surface area contributed by atoms with E-state index in [0.29, 0.717) is 18.0 Å². The molecule has 0 spiro atoms. The summed E-state index contributed by atoms with van der Waals surface area (Å²) in [4.78, 5) is 0. The van der Waals surface area contributed by atoms with Crippen LogP contribution in [0.5, 0.6) is 0 Å². The van der Waals surface area contributed by atoms with Crippen LogP contribution in [0.15, 0.2) is 30.3 Å². The van der Waals surface area contributed by atoms with Crippen molar-refractivity contribution in [3.63, 3.8) is 0 Å². The molecule has 1 aromatic carbocycles. The topological polar surface area (TPSA) is 32.3 Å². The minimum absolute atomic E-state index is 0.335. The first-order valence-electron chi connectivity index (χ1n) is 6.64. The van der Waals surface area contributed by atoms with Crippen molar-refractivity contribution >= 4 is 11.8 Å². The summed E-state index contributed by atoms with van der Waals surface area (Å²) >= 11 is 2.01. The number of rotatable bonds is 4. The first-order valence-corrected chi connectivity index (χ1v) is 7.79. The van der Waals surface area contributed by atoms with Gasteiger partial charge in [0.15, 0.2) is 0 Å². The second kappa shape index (κ2) is 6.09. The molecule has 1 heterocycles. The van der Waals surface area contributed by atoms with E-state index in [4.69, 9.17) is 0 Å². The summed E-state index contributed by atoms with van der Waals surface area (Å²) in [7, 11) is 0. The van der Waals surface area contributed by atoms with Crippen LogP contribution in [-0.2, 0) is 0 Å². The molecule has 0 aliphatic carbocycles. The van der Waals surface area contributed by atoms with Crippen LogP contribution in [0.4, 0.5) is 0 Å². The average Bonchev–Trinajstić information content (AvgIpc) is 2.38. The van der Waals surface area contributed by atoms with Crippen LogP contribution in [0.2, 0.25) is 0 Å². The van der Waals surface area contributed by atoms with E-state index in [2.05, 4.69) is 19.2 Å². The first-order chi connectivity index (χ1) is 8.59. The molecule has 2 unspecified atom stereocenters. The molecule has 3 heteroatoms. The lowest BCUT2D eigenvalue weighted by Crippen LogP contribution is -2.47. The van der Waals surface area contributed by atoms with Crippen LogP contribution < -0.4 is 5.32 Å². The third-order valence-corrected chi connectivity index (χ3v) is 4.92. The van der Waals surface area contributed by atoms with Crippen molar-refractivity contribution in [2.24, 2.45) is 5.41 Å². The summed E-state index contributed by atoms with van der Waals surface area (Å²) in [5.41, 5.74) is 1.33. The van der Waals surface area contributed by atoms with Gasteiger partial charge in [0.25, 0.3) is 0 Å². The van der Waals surface area contributed by atoms with E-state index >= 15 is 0 Å². The average molecular weight is 265 g/mol. The largest absolute Gasteiger partial charge is 0.387 e. The lowest BCUT2D eigenvalue weighted by atomic mass is 9.82. The number of hydrogen-bond acceptors (Lipinski definition) is 3. The Balaban J connectivity index is 1.87. The van der Waals surface area contributed by atoms with Crippen LogP contribution in [0.3, 0.4) is 0 Å². The number of aliphatic hydroxyl groups excluding tert-OH is 1. The highest BCUT2D eigenvalue weighted by Gasteiger charge is 2.32. The van der Waals surface area contributed by atoms with Crippen molar-refractivity contribution < 1.29 is 5.11 Å². The lowest BCUT2D eigenvalue weighted by Gasteiger charge is -2.39. The van der Waals surface area contributed by atoms with Gasteiger partial charge in [-0.1, -0.05) is 44.2 Å². The smallest absolute Gasteiger partial charge is 0.0914 e. The van der Waals surface area contributed by atoms with Gasteiger partial charge < -0.3 is 10.4 Å². The van der Waals surface area contributed by atoms with Crippen molar-refractivity contribution in [2.75, 3.05) is 18.1 Å². The van der Waals surface area contributed by atoms with Crippen molar-refractivity contribution in [1.82, 2.24) is 5.32 Å². The summed E-state index contributed by atoms with van der Waals surface area (Å²) in [5.74, 6) is 2.40. The zero-order valence-corrected chi connectivity index (χ0v) is 12.0. The molecule has 2 atom stereocenters. The predicted molar refractivity (Wildman–Crippen MR) is 78.9 cm³/mol. The van der Waals surface area contributed by atoms with Gasteiger partial charge in [0, 0.05) is 18.3 Å². The molecule has 1 fully saturated rings. The van der Waals surface area contributed by atoms with Crippen LogP contribution >= 0.6 is 11.8 Å². The van der Waals surface area contributed by atoms with Crippen molar-refractivity contribution in [2.45, 2.75) is 32.4 Å². The van der Waals surface area contributed by atoms with E-state index in [1.54, 1.807) is 0 Å². The number of benzene rings is 1. The number of thioether (sulfide) groups is 1. The highest BCUT2D eigenvalue weighted by atomic mass is 32.2. The van der Waals surface area contributed by atoms with Gasteiger partial charge in [0.1, 0.15) is 0 Å². The van der Waals surface area contributed by atoms with Crippen molar-refractivity contribution in [3.05, 3.63) is 35.9 Å². The first kappa shape index (κ1) is 13.9. The Hall–Kier alpha value is -0.510. The molecule has 2 N–H and O–H groups in total. The molecule has 100 valence electrons. The minimum atomic E-state index is -0.408. The third-order valence-electron chi connectivity index (χ3n) is 3.86. The van der Waals surface area contributed by atoms with Gasteiger partial charge in [-0.05, 0) is 23.2 Å². The number of aliphatic hydroxyl groups is 1. The second-order valence-electron chi connectivity index (χ2n) is 5.70. The molecule has 2 rings (SSSR count). The fraction of sp³-hybridized carbons (Fsp3) is 0.600. The molecule has 18 heavy (non-hydrogen) atoms. The third kappa shape index (κ3) is 3.50. The molecular weight excluding hydrogens is 242 g/mol. The molecule has 0 amide bonds. The maximum absolute atomic E-state index is 10.2. The Labute approximate surface area is 114 Å². The van der Waals surface area contributed by atoms with Crippen molar-refractivity contribution in [3.8, 4) is 0 Å². The molecule has 1 aliphatic heterocycles. The van der Waals surface area contributed by atoms with E-state index in [1.807, 2.05) is 42.1 Å². The molecular formula is C15H23NOS. The number of nitrogens with one attached hydrogen (secondary N) is 1. The van der Waals surface area contributed by atoms with E-state index in [0.717, 1.165) is 11.3 Å². The van der Waals surface area contributed by atoms with Gasteiger partial charge in [-0.15, -0.1) is 0 Å². The Morgan fingerprint density at radius 1 is 1.39 bits per heavy atom. The quantitative estimate of drug-likeness (QED) is 0.878. The Kier molecular flexibility index (Phi) is 4.71. The second-order valence-corrected chi connectivity index (χ2v) is 6.85. The molecule has 0 radical (unpaired) electrons. The van der Waals surface area contributed by atoms with E-state index in [1.165, 1.54) is 12.2 Å². The van der Waals surface area contributed by atoms with Gasteiger partial charge >= 0.3 is 0 Å². The summed E-state index contributed by atoms with van der Waals surface area (Å²) in [6.45, 7) is 5.28. The fourth-order valence-electron chi connectivity index (χ4n) is 2.32. The highest BCUT2D eigenvalue weighted by molar-refractivity contribution is 7.99. The van der Waals surface area contributed by atoms with E-state index in [9.17, 15) is 5.11 Å². The monoisotopic (exact) mass is 265 g/mol. The SMILES string of the molecule is CC1(C)CCSCC1NCC(O)c1ccccc1. The van der Waals surface area contributed by atoms with Gasteiger partial charge in [0.05, 0.1) is 6.10 Å². The highest BCUT2D eigenvalue weighted by Crippen LogP contribution is 2.34. The Morgan fingerprint density at radius 2 is 2.11 bits per heavy atom. The fourth-order valence-corrected chi connectivity index (χ4v) is 3.96. The standard InChI is InChI=1S/C15H23NOS/c1-15(2)8-9-18-11-14(15)16-10-13(17)12-6-4-3-5-7-12/h3-7,13-14,16-17H,8-11H2,1-2H3. The maximum atomic E-state index is 10.2. The van der Waals surface area contributed by atoms with E-state index < -0.39 is 6.10 Å². The van der Waals surface area contributed by atoms with E-state index in [-0.39, 0.29) is 0 Å². The van der Waals surface area contributed by atoms with Gasteiger partial charge in [-0.2, -0.15) is 11.8 Å². The van der Waals surface area contributed by atoms with Crippen LogP contribution in [0, 0.1) is 5.41 Å². The van der Waals surface area contributed by atoms with Gasteiger partial charge in [0.2, 0.25) is 0 Å². The van der Waals surface area contributed by atoms with Crippen LogP contribution in [-0.4, -0.2) is 29.2 Å². The zero-order chi connectivity index (χ0) is 13.0. The molecule has 0 bridgehead atoms. The lowest BCUT2D eigenvalue weighted by molar-refractivity contribution is 0.153. The maximum Gasteiger partial charge on any atom is 0.0914 e. The van der Waals surface area contributed by atoms with Gasteiger partial charge in [-0.25, -0.2) is 0 Å². The normalized spacial score (nSPS) is 24.7. The molecule has 1 aliphatic rings. The Morgan fingerprint density at radius 3 is 2.78 bits per heavy atom. The van der Waals surface area contributed by atoms with Crippen LogP contribution in [0.25, 0.3) is 0 Å². The van der Waals surface area contributed by atoms with Gasteiger partial charge in [-0.3, -0.25) is 0 Å². The minimum Gasteiger partial charge on any atom is -0.387 e. The zero-order valence-electron chi connectivity index (χ0n) is 11.2. The summed E-state index contributed by atoms with van der Waals surface area (Å²) in [5, 5.41) is 13.7. The molecule has 0 aromatic heterocycles. The molecule has 0 saturated carbocycles. The van der Waals surface area contributed by atoms with Crippen molar-refractivity contribution in [1.29, 1.82) is 0 Å². The predicted octanol–water partition coefficient (Wildman–Crippen LogP) is 2.84. The number of hydrogen-bond donors (Lipinski definition) is 2. The summed E-state index contributed by atoms with van der Waals surface area (Å²) in [6, 6.07) is 10.4. The molecule has 2 nitrogen and oxygen atoms in total. The summed E-state index contributed by atoms with van der Waals surface area (Å²) in [6.07, 6.45) is 0.838. The summed E-state index contributed by atoms with van der Waals surface area (Å²) < 4.78 is 0.